The van der Waals surface area contributed by atoms with E-state index in [0.29, 0.717) is 0 Å². The summed E-state index contributed by atoms with van der Waals surface area (Å²) in [6, 6.07) is 0. The summed E-state index contributed by atoms with van der Waals surface area (Å²) in [5.74, 6) is 0.847. The highest BCUT2D eigenvalue weighted by Gasteiger charge is 2.03. The fourth-order valence-corrected chi connectivity index (χ4v) is 1.07. The lowest BCUT2D eigenvalue weighted by Crippen LogP contribution is -2.43. The molecule has 86 valence electrons. The van der Waals surface area contributed by atoms with Gasteiger partial charge in [-0.2, -0.15) is 0 Å². The highest BCUT2D eigenvalue weighted by molar-refractivity contribution is 6.29. The Morgan fingerprint density at radius 2 is 2.07 bits per heavy atom. The van der Waals surface area contributed by atoms with E-state index in [1.54, 1.807) is 19.5 Å². The van der Waals surface area contributed by atoms with Gasteiger partial charge in [0.15, 0.2) is 5.84 Å². The average molecular weight is 210 g/mol. The molecule has 0 heterocycles. The molecule has 0 fully saturated rings. The smallest absolute Gasteiger partial charge is 0.156 e. The number of nitrogens with one attached hydrogen (secondary N) is 1. The fourth-order valence-electron chi connectivity index (χ4n) is 1.07. The maximum atomic E-state index is 4.17. The highest BCUT2D eigenvalue weighted by Crippen LogP contribution is 1.87. The maximum absolute atomic E-state index is 4.17. The van der Waals surface area contributed by atoms with Gasteiger partial charge in [-0.25, -0.2) is 5.43 Å². The van der Waals surface area contributed by atoms with Crippen LogP contribution in [0, 0.1) is 0 Å². The van der Waals surface area contributed by atoms with Crippen molar-refractivity contribution in [3.63, 3.8) is 0 Å². The van der Waals surface area contributed by atoms with Crippen LogP contribution in [0.5, 0.6) is 0 Å². The van der Waals surface area contributed by atoms with Crippen molar-refractivity contribution in [2.24, 2.45) is 9.98 Å². The number of hydrogen-bond donors (Lipinski definition) is 1. The second-order valence-electron chi connectivity index (χ2n) is 2.91. The van der Waals surface area contributed by atoms with Gasteiger partial charge in [-0.1, -0.05) is 19.9 Å². The second kappa shape index (κ2) is 9.40. The molecule has 0 aromatic heterocycles. The van der Waals surface area contributed by atoms with Crippen LogP contribution >= 0.6 is 0 Å². The van der Waals surface area contributed by atoms with Gasteiger partial charge in [0, 0.05) is 26.3 Å². The number of nitrogens with zero attached hydrogens (tertiary/aromatic N) is 3. The fraction of sp³-hybridized carbons (Fsp3) is 0.636. The second-order valence-corrected chi connectivity index (χ2v) is 2.91. The van der Waals surface area contributed by atoms with Gasteiger partial charge in [0.1, 0.15) is 0 Å². The van der Waals surface area contributed by atoms with Crippen molar-refractivity contribution in [1.29, 1.82) is 0 Å². The van der Waals surface area contributed by atoms with E-state index >= 15 is 0 Å². The normalized spacial score (nSPS) is 12.9. The third kappa shape index (κ3) is 6.01. The molecule has 0 saturated heterocycles. The SMILES string of the molecule is CC/C=C/N=CC(=NC)N(CC)NCC. The Balaban J connectivity index is 4.34. The minimum Gasteiger partial charge on any atom is -0.292 e. The summed E-state index contributed by atoms with van der Waals surface area (Å²) in [6.45, 7) is 7.96. The molecule has 0 aliphatic heterocycles. The monoisotopic (exact) mass is 210 g/mol. The van der Waals surface area contributed by atoms with E-state index in [1.165, 1.54) is 0 Å². The van der Waals surface area contributed by atoms with E-state index in [4.69, 9.17) is 0 Å². The van der Waals surface area contributed by atoms with Crippen LogP contribution in [-0.2, 0) is 0 Å². The van der Waals surface area contributed by atoms with Gasteiger partial charge >= 0.3 is 0 Å². The molecule has 0 spiro atoms. The van der Waals surface area contributed by atoms with E-state index in [1.807, 2.05) is 11.1 Å². The first-order valence-corrected chi connectivity index (χ1v) is 5.46. The standard InChI is InChI=1S/C11H22N4/c1-5-8-9-13-10-11(12-4)15(7-3)14-6-2/h8-10,14H,5-7H2,1-4H3/b9-8+,12-11?,13-10?. The number of hydrazine groups is 1. The summed E-state index contributed by atoms with van der Waals surface area (Å²) < 4.78 is 0. The predicted octanol–water partition coefficient (Wildman–Crippen LogP) is 1.86. The van der Waals surface area contributed by atoms with E-state index in [9.17, 15) is 0 Å². The highest BCUT2D eigenvalue weighted by atomic mass is 15.5. The molecule has 15 heavy (non-hydrogen) atoms. The maximum Gasteiger partial charge on any atom is 0.156 e. The summed E-state index contributed by atoms with van der Waals surface area (Å²) in [7, 11) is 1.77. The molecular formula is C11H22N4. The summed E-state index contributed by atoms with van der Waals surface area (Å²) in [5.41, 5.74) is 3.21. The lowest BCUT2D eigenvalue weighted by atomic mass is 10.5. The third-order valence-electron chi connectivity index (χ3n) is 1.79. The van der Waals surface area contributed by atoms with Crippen molar-refractivity contribution in [2.75, 3.05) is 20.1 Å². The zero-order chi connectivity index (χ0) is 11.5. The van der Waals surface area contributed by atoms with E-state index in [-0.39, 0.29) is 0 Å². The Hall–Kier alpha value is -1.16. The molecule has 0 atom stereocenters. The lowest BCUT2D eigenvalue weighted by molar-refractivity contribution is 0.335. The van der Waals surface area contributed by atoms with E-state index < -0.39 is 0 Å². The third-order valence-corrected chi connectivity index (χ3v) is 1.79. The molecule has 0 unspecified atom stereocenters. The molecule has 0 aromatic rings. The molecule has 0 aromatic carbocycles. The van der Waals surface area contributed by atoms with Gasteiger partial charge in [-0.15, -0.1) is 0 Å². The first-order valence-electron chi connectivity index (χ1n) is 5.46. The number of allylic oxidation sites excluding steroid dienone is 1. The Labute approximate surface area is 92.8 Å². The van der Waals surface area contributed by atoms with E-state index in [0.717, 1.165) is 25.3 Å². The van der Waals surface area contributed by atoms with Gasteiger partial charge < -0.3 is 0 Å². The van der Waals surface area contributed by atoms with Crippen LogP contribution in [0.2, 0.25) is 0 Å². The lowest BCUT2D eigenvalue weighted by Gasteiger charge is -2.21. The molecule has 0 rings (SSSR count). The quantitative estimate of drug-likeness (QED) is 0.413. The molecule has 0 aliphatic rings. The van der Waals surface area contributed by atoms with Crippen molar-refractivity contribution >= 4 is 12.1 Å². The zero-order valence-corrected chi connectivity index (χ0v) is 10.2. The Bertz CT molecular complexity index is 231. The van der Waals surface area contributed by atoms with Crippen molar-refractivity contribution in [2.45, 2.75) is 27.2 Å². The van der Waals surface area contributed by atoms with Gasteiger partial charge in [-0.05, 0) is 13.3 Å². The minimum absolute atomic E-state index is 0.847. The molecule has 0 bridgehead atoms. The van der Waals surface area contributed by atoms with Crippen LogP contribution in [0.25, 0.3) is 0 Å². The summed E-state index contributed by atoms with van der Waals surface area (Å²) in [4.78, 5) is 8.34. The Morgan fingerprint density at radius 3 is 2.53 bits per heavy atom. The molecule has 4 nitrogen and oxygen atoms in total. The van der Waals surface area contributed by atoms with Crippen LogP contribution in [0.3, 0.4) is 0 Å². The summed E-state index contributed by atoms with van der Waals surface area (Å²) in [6.07, 6.45) is 6.57. The van der Waals surface area contributed by atoms with Crippen molar-refractivity contribution in [3.05, 3.63) is 12.3 Å². The summed E-state index contributed by atoms with van der Waals surface area (Å²) in [5, 5.41) is 1.98. The molecule has 0 radical (unpaired) electrons. The molecule has 1 N–H and O–H groups in total. The molecule has 0 amide bonds. The van der Waals surface area contributed by atoms with Crippen LogP contribution in [0.4, 0.5) is 0 Å². The number of aliphatic imine (C=N–C) groups is 2. The molecule has 0 aliphatic carbocycles. The Kier molecular flexibility index (Phi) is 8.67. The summed E-state index contributed by atoms with van der Waals surface area (Å²) >= 11 is 0. The van der Waals surface area contributed by atoms with Crippen LogP contribution in [0.15, 0.2) is 22.3 Å². The first kappa shape index (κ1) is 13.8. The molecular weight excluding hydrogens is 188 g/mol. The average Bonchev–Trinajstić information content (AvgIpc) is 2.27. The Morgan fingerprint density at radius 1 is 1.33 bits per heavy atom. The van der Waals surface area contributed by atoms with Gasteiger partial charge in [-0.3, -0.25) is 15.0 Å². The molecule has 0 saturated carbocycles. The van der Waals surface area contributed by atoms with Gasteiger partial charge in [0.25, 0.3) is 0 Å². The number of rotatable bonds is 6. The van der Waals surface area contributed by atoms with Crippen molar-refractivity contribution in [1.82, 2.24) is 10.4 Å². The number of hydrogen-bond acceptors (Lipinski definition) is 3. The van der Waals surface area contributed by atoms with Crippen molar-refractivity contribution < 1.29 is 0 Å². The van der Waals surface area contributed by atoms with Crippen LogP contribution in [0.1, 0.15) is 27.2 Å². The topological polar surface area (TPSA) is 40.0 Å². The van der Waals surface area contributed by atoms with Gasteiger partial charge in [0.2, 0.25) is 0 Å². The minimum atomic E-state index is 0.847. The van der Waals surface area contributed by atoms with Crippen LogP contribution in [-0.4, -0.2) is 37.2 Å². The van der Waals surface area contributed by atoms with Crippen LogP contribution < -0.4 is 5.43 Å². The number of amidine groups is 1. The van der Waals surface area contributed by atoms with Gasteiger partial charge in [0.05, 0.1) is 6.21 Å². The van der Waals surface area contributed by atoms with Crippen molar-refractivity contribution in [3.8, 4) is 0 Å². The van der Waals surface area contributed by atoms with E-state index in [2.05, 4.69) is 36.2 Å². The first-order chi connectivity index (χ1) is 7.29. The largest absolute Gasteiger partial charge is 0.292 e. The molecule has 4 heteroatoms. The predicted molar refractivity (Wildman–Crippen MR) is 67.3 cm³/mol. The zero-order valence-electron chi connectivity index (χ0n) is 10.2.